The van der Waals surface area contributed by atoms with E-state index in [-0.39, 0.29) is 18.3 Å². The van der Waals surface area contributed by atoms with E-state index in [0.717, 1.165) is 12.8 Å². The van der Waals surface area contributed by atoms with Gasteiger partial charge in [-0.05, 0) is 25.5 Å². The molecule has 1 amide bonds. The summed E-state index contributed by atoms with van der Waals surface area (Å²) in [5.41, 5.74) is 0.471. The molecule has 21 heavy (non-hydrogen) atoms. The molecule has 5 heteroatoms. The number of rotatable bonds is 8. The summed E-state index contributed by atoms with van der Waals surface area (Å²) in [5, 5.41) is 0.431. The van der Waals surface area contributed by atoms with E-state index < -0.39 is 0 Å². The van der Waals surface area contributed by atoms with Crippen molar-refractivity contribution < 1.29 is 14.3 Å². The van der Waals surface area contributed by atoms with Gasteiger partial charge in [-0.3, -0.25) is 9.59 Å². The number of nitrogens with zero attached hydrogens (tertiary/aromatic N) is 1. The van der Waals surface area contributed by atoms with Crippen LogP contribution in [-0.2, 0) is 9.53 Å². The fourth-order valence-corrected chi connectivity index (χ4v) is 2.14. The molecule has 0 unspecified atom stereocenters. The Labute approximate surface area is 131 Å². The molecular weight excluding hydrogens is 290 g/mol. The van der Waals surface area contributed by atoms with Gasteiger partial charge in [0.15, 0.2) is 0 Å². The van der Waals surface area contributed by atoms with Gasteiger partial charge in [0, 0.05) is 13.1 Å². The zero-order chi connectivity index (χ0) is 15.7. The van der Waals surface area contributed by atoms with Crippen molar-refractivity contribution in [2.24, 2.45) is 0 Å². The lowest BCUT2D eigenvalue weighted by Crippen LogP contribution is -2.34. The predicted octanol–water partition coefficient (Wildman–Crippen LogP) is 3.54. The third-order valence-electron chi connectivity index (χ3n) is 3.06. The second-order valence-corrected chi connectivity index (χ2v) is 5.09. The molecule has 1 aromatic carbocycles. The highest BCUT2D eigenvalue weighted by molar-refractivity contribution is 6.33. The molecule has 0 radical (unpaired) electrons. The Morgan fingerprint density at radius 1 is 1.19 bits per heavy atom. The second kappa shape index (κ2) is 9.40. The molecule has 0 spiro atoms. The summed E-state index contributed by atoms with van der Waals surface area (Å²) in [5.74, 6) is -0.427. The van der Waals surface area contributed by atoms with Crippen molar-refractivity contribution in [1.82, 2.24) is 4.90 Å². The number of esters is 1. The molecular formula is C16H22ClNO3. The lowest BCUT2D eigenvalue weighted by Gasteiger charge is -2.22. The summed E-state index contributed by atoms with van der Waals surface area (Å²) in [4.78, 5) is 25.7. The molecule has 0 aliphatic rings. The summed E-state index contributed by atoms with van der Waals surface area (Å²) < 4.78 is 4.90. The number of unbranched alkanes of at least 4 members (excludes halogenated alkanes) is 1. The highest BCUT2D eigenvalue weighted by Crippen LogP contribution is 2.17. The molecule has 116 valence electrons. The van der Waals surface area contributed by atoms with Crippen LogP contribution in [0.15, 0.2) is 24.3 Å². The summed E-state index contributed by atoms with van der Waals surface area (Å²) in [6.45, 7) is 5.14. The van der Waals surface area contributed by atoms with Crippen LogP contribution in [0.25, 0.3) is 0 Å². The average molecular weight is 312 g/mol. The van der Waals surface area contributed by atoms with Crippen molar-refractivity contribution in [3.63, 3.8) is 0 Å². The summed E-state index contributed by atoms with van der Waals surface area (Å²) in [6, 6.07) is 6.96. The Balaban J connectivity index is 2.74. The molecule has 1 aromatic rings. The van der Waals surface area contributed by atoms with E-state index >= 15 is 0 Å². The van der Waals surface area contributed by atoms with Gasteiger partial charge in [-0.1, -0.05) is 37.1 Å². The summed E-state index contributed by atoms with van der Waals surface area (Å²) in [7, 11) is 0. The van der Waals surface area contributed by atoms with Gasteiger partial charge in [0.2, 0.25) is 0 Å². The Kier molecular flexibility index (Phi) is 7.83. The van der Waals surface area contributed by atoms with Crippen LogP contribution in [0.3, 0.4) is 0 Å². The van der Waals surface area contributed by atoms with Gasteiger partial charge in [-0.25, -0.2) is 0 Å². The van der Waals surface area contributed by atoms with Gasteiger partial charge in [-0.15, -0.1) is 0 Å². The molecule has 0 aliphatic carbocycles. The monoisotopic (exact) mass is 311 g/mol. The van der Waals surface area contributed by atoms with E-state index in [4.69, 9.17) is 16.3 Å². The van der Waals surface area contributed by atoms with Gasteiger partial charge in [0.05, 0.1) is 23.6 Å². The fraction of sp³-hybridized carbons (Fsp3) is 0.500. The predicted molar refractivity (Wildman–Crippen MR) is 83.5 cm³/mol. The topological polar surface area (TPSA) is 46.6 Å². The molecule has 0 aromatic heterocycles. The normalized spacial score (nSPS) is 10.2. The van der Waals surface area contributed by atoms with Crippen molar-refractivity contribution in [3.8, 4) is 0 Å². The number of amides is 1. The first kappa shape index (κ1) is 17.5. The number of carbonyl (C=O) groups is 2. The molecule has 4 nitrogen and oxygen atoms in total. The van der Waals surface area contributed by atoms with Crippen LogP contribution >= 0.6 is 11.6 Å². The standard InChI is InChI=1S/C16H22ClNO3/c1-3-5-11-18(12-10-15(19)21-4-2)16(20)13-8-6-7-9-14(13)17/h6-9H,3-5,10-12H2,1-2H3. The molecule has 0 atom stereocenters. The van der Waals surface area contributed by atoms with Crippen LogP contribution < -0.4 is 0 Å². The van der Waals surface area contributed by atoms with E-state index in [1.165, 1.54) is 0 Å². The quantitative estimate of drug-likeness (QED) is 0.690. The number of hydrogen-bond acceptors (Lipinski definition) is 3. The Hall–Kier alpha value is -1.55. The van der Waals surface area contributed by atoms with E-state index in [1.54, 1.807) is 36.1 Å². The number of hydrogen-bond donors (Lipinski definition) is 0. The van der Waals surface area contributed by atoms with Crippen molar-refractivity contribution in [3.05, 3.63) is 34.9 Å². The molecule has 1 rings (SSSR count). The SMILES string of the molecule is CCCCN(CCC(=O)OCC)C(=O)c1ccccc1Cl. The molecule has 0 N–H and O–H groups in total. The van der Waals surface area contributed by atoms with E-state index in [2.05, 4.69) is 6.92 Å². The molecule has 0 aliphatic heterocycles. The fourth-order valence-electron chi connectivity index (χ4n) is 1.93. The molecule has 0 fully saturated rings. The van der Waals surface area contributed by atoms with Crippen LogP contribution in [0.2, 0.25) is 5.02 Å². The van der Waals surface area contributed by atoms with Crippen LogP contribution in [0, 0.1) is 0 Å². The van der Waals surface area contributed by atoms with Gasteiger partial charge in [0.25, 0.3) is 5.91 Å². The van der Waals surface area contributed by atoms with E-state index in [1.807, 2.05) is 0 Å². The number of benzene rings is 1. The summed E-state index contributed by atoms with van der Waals surface area (Å²) in [6.07, 6.45) is 2.07. The van der Waals surface area contributed by atoms with E-state index in [9.17, 15) is 9.59 Å². The number of ether oxygens (including phenoxy) is 1. The summed E-state index contributed by atoms with van der Waals surface area (Å²) >= 11 is 6.07. The Morgan fingerprint density at radius 3 is 2.52 bits per heavy atom. The first-order chi connectivity index (χ1) is 10.1. The molecule has 0 saturated heterocycles. The van der Waals surface area contributed by atoms with Crippen LogP contribution in [0.1, 0.15) is 43.5 Å². The zero-order valence-electron chi connectivity index (χ0n) is 12.6. The molecule has 0 heterocycles. The van der Waals surface area contributed by atoms with Crippen molar-refractivity contribution in [2.45, 2.75) is 33.1 Å². The smallest absolute Gasteiger partial charge is 0.307 e. The number of halogens is 1. The lowest BCUT2D eigenvalue weighted by atomic mass is 10.1. The highest BCUT2D eigenvalue weighted by Gasteiger charge is 2.18. The minimum absolute atomic E-state index is 0.140. The zero-order valence-corrected chi connectivity index (χ0v) is 13.4. The average Bonchev–Trinajstić information content (AvgIpc) is 2.47. The van der Waals surface area contributed by atoms with Crippen molar-refractivity contribution in [1.29, 1.82) is 0 Å². The first-order valence-corrected chi connectivity index (χ1v) is 7.67. The minimum atomic E-state index is -0.286. The maximum atomic E-state index is 12.5. The Morgan fingerprint density at radius 2 is 1.90 bits per heavy atom. The third-order valence-corrected chi connectivity index (χ3v) is 3.39. The molecule has 0 saturated carbocycles. The van der Waals surface area contributed by atoms with Crippen molar-refractivity contribution >= 4 is 23.5 Å². The molecule has 0 bridgehead atoms. The maximum Gasteiger partial charge on any atom is 0.307 e. The third kappa shape index (κ3) is 5.76. The van der Waals surface area contributed by atoms with E-state index in [0.29, 0.717) is 30.3 Å². The van der Waals surface area contributed by atoms with Gasteiger partial charge >= 0.3 is 5.97 Å². The van der Waals surface area contributed by atoms with Gasteiger partial charge in [-0.2, -0.15) is 0 Å². The lowest BCUT2D eigenvalue weighted by molar-refractivity contribution is -0.143. The largest absolute Gasteiger partial charge is 0.466 e. The van der Waals surface area contributed by atoms with Crippen molar-refractivity contribution in [2.75, 3.05) is 19.7 Å². The van der Waals surface area contributed by atoms with Gasteiger partial charge in [0.1, 0.15) is 0 Å². The number of carbonyl (C=O) groups excluding carboxylic acids is 2. The first-order valence-electron chi connectivity index (χ1n) is 7.29. The highest BCUT2D eigenvalue weighted by atomic mass is 35.5. The minimum Gasteiger partial charge on any atom is -0.466 e. The van der Waals surface area contributed by atoms with Gasteiger partial charge < -0.3 is 9.64 Å². The van der Waals surface area contributed by atoms with Crippen LogP contribution in [0.5, 0.6) is 0 Å². The maximum absolute atomic E-state index is 12.5. The Bertz CT molecular complexity index is 476. The van der Waals surface area contributed by atoms with Crippen LogP contribution in [-0.4, -0.2) is 36.5 Å². The second-order valence-electron chi connectivity index (χ2n) is 4.68. The van der Waals surface area contributed by atoms with Crippen LogP contribution in [0.4, 0.5) is 0 Å².